The van der Waals surface area contributed by atoms with Gasteiger partial charge in [0.1, 0.15) is 18.9 Å². The molecule has 1 aromatic carbocycles. The summed E-state index contributed by atoms with van der Waals surface area (Å²) >= 11 is 0. The summed E-state index contributed by atoms with van der Waals surface area (Å²) in [4.78, 5) is 26.8. The van der Waals surface area contributed by atoms with Gasteiger partial charge in [-0.05, 0) is 12.1 Å². The van der Waals surface area contributed by atoms with E-state index in [4.69, 9.17) is 4.74 Å². The third-order valence-electron chi connectivity index (χ3n) is 2.54. The molecule has 104 valence electrons. The van der Waals surface area contributed by atoms with Gasteiger partial charge < -0.3 is 10.1 Å². The zero-order chi connectivity index (χ0) is 14.2. The number of benzene rings is 1. The number of hydrogen-bond donors (Lipinski definition) is 1. The number of nitrogens with zero attached hydrogens (tertiary/aromatic N) is 2. The number of carbonyl (C=O) groups is 1. The number of carbonyl (C=O) groups excluding carboxylic acids is 1. The van der Waals surface area contributed by atoms with Crippen LogP contribution in [0.2, 0.25) is 0 Å². The molecule has 1 amide bonds. The highest BCUT2D eigenvalue weighted by atomic mass is 16.5. The number of nitrogens with one attached hydrogen (secondary N) is 1. The van der Waals surface area contributed by atoms with Crippen LogP contribution in [0, 0.1) is 0 Å². The van der Waals surface area contributed by atoms with Gasteiger partial charge in [0.25, 0.3) is 5.56 Å². The Bertz CT molecular complexity index is 610. The highest BCUT2D eigenvalue weighted by Gasteiger charge is 2.03. The van der Waals surface area contributed by atoms with Crippen molar-refractivity contribution in [1.29, 1.82) is 0 Å². The second-order valence-electron chi connectivity index (χ2n) is 4.06. The van der Waals surface area contributed by atoms with Crippen LogP contribution in [0.5, 0.6) is 5.75 Å². The smallest absolute Gasteiger partial charge is 0.253 e. The summed E-state index contributed by atoms with van der Waals surface area (Å²) < 4.78 is 6.68. The summed E-state index contributed by atoms with van der Waals surface area (Å²) in [5.41, 5.74) is -0.254. The van der Waals surface area contributed by atoms with Crippen molar-refractivity contribution in [2.45, 2.75) is 6.54 Å². The van der Waals surface area contributed by atoms with Crippen molar-refractivity contribution in [2.75, 3.05) is 13.2 Å². The predicted molar refractivity (Wildman–Crippen MR) is 73.4 cm³/mol. The first kappa shape index (κ1) is 13.8. The summed E-state index contributed by atoms with van der Waals surface area (Å²) in [6, 6.07) is 10.7. The molecule has 0 saturated carbocycles. The van der Waals surface area contributed by atoms with Gasteiger partial charge in [-0.1, -0.05) is 18.2 Å². The molecule has 0 saturated heterocycles. The van der Waals surface area contributed by atoms with Gasteiger partial charge in [0.2, 0.25) is 5.91 Å². The molecule has 0 spiro atoms. The maximum Gasteiger partial charge on any atom is 0.253 e. The van der Waals surface area contributed by atoms with Gasteiger partial charge in [-0.25, -0.2) is 4.98 Å². The van der Waals surface area contributed by atoms with Crippen molar-refractivity contribution in [2.24, 2.45) is 0 Å². The molecule has 0 bridgehead atoms. The third kappa shape index (κ3) is 4.24. The molecule has 0 aliphatic heterocycles. The lowest BCUT2D eigenvalue weighted by atomic mass is 10.3. The lowest BCUT2D eigenvalue weighted by Crippen LogP contribution is -2.34. The second-order valence-corrected chi connectivity index (χ2v) is 4.06. The molecule has 6 nitrogen and oxygen atoms in total. The number of rotatable bonds is 6. The summed E-state index contributed by atoms with van der Waals surface area (Å²) in [5, 5.41) is 2.68. The van der Waals surface area contributed by atoms with Gasteiger partial charge in [0.15, 0.2) is 0 Å². The fourth-order valence-electron chi connectivity index (χ4n) is 1.58. The Morgan fingerprint density at radius 1 is 1.25 bits per heavy atom. The average molecular weight is 273 g/mol. The normalized spacial score (nSPS) is 10.0. The molecular weight excluding hydrogens is 258 g/mol. The maximum atomic E-state index is 11.6. The van der Waals surface area contributed by atoms with Crippen LogP contribution in [0.25, 0.3) is 0 Å². The molecule has 0 aliphatic carbocycles. The maximum absolute atomic E-state index is 11.6. The molecule has 1 N–H and O–H groups in total. The zero-order valence-electron chi connectivity index (χ0n) is 10.9. The minimum Gasteiger partial charge on any atom is -0.492 e. The number of para-hydroxylation sites is 1. The van der Waals surface area contributed by atoms with Crippen molar-refractivity contribution in [3.8, 4) is 5.75 Å². The molecule has 2 aromatic rings. The van der Waals surface area contributed by atoms with E-state index in [0.29, 0.717) is 13.2 Å². The van der Waals surface area contributed by atoms with Gasteiger partial charge in [-0.3, -0.25) is 14.2 Å². The predicted octanol–water partition coefficient (Wildman–Crippen LogP) is 0.438. The van der Waals surface area contributed by atoms with E-state index in [2.05, 4.69) is 10.3 Å². The Morgan fingerprint density at radius 2 is 2.05 bits per heavy atom. The monoisotopic (exact) mass is 273 g/mol. The Hall–Kier alpha value is -2.63. The van der Waals surface area contributed by atoms with Gasteiger partial charge in [0.05, 0.1) is 12.9 Å². The number of hydrogen-bond acceptors (Lipinski definition) is 4. The molecule has 0 fully saturated rings. The van der Waals surface area contributed by atoms with Crippen LogP contribution in [0.1, 0.15) is 0 Å². The van der Waals surface area contributed by atoms with Gasteiger partial charge in [-0.2, -0.15) is 0 Å². The van der Waals surface area contributed by atoms with Crippen LogP contribution in [0.15, 0.2) is 53.7 Å². The molecule has 20 heavy (non-hydrogen) atoms. The van der Waals surface area contributed by atoms with Gasteiger partial charge >= 0.3 is 0 Å². The van der Waals surface area contributed by atoms with Gasteiger partial charge in [-0.15, -0.1) is 0 Å². The molecule has 0 atom stereocenters. The molecule has 2 rings (SSSR count). The van der Waals surface area contributed by atoms with Crippen molar-refractivity contribution in [1.82, 2.24) is 14.9 Å². The third-order valence-corrected chi connectivity index (χ3v) is 2.54. The first-order valence-corrected chi connectivity index (χ1v) is 6.21. The fourth-order valence-corrected chi connectivity index (χ4v) is 1.58. The van der Waals surface area contributed by atoms with Crippen LogP contribution >= 0.6 is 0 Å². The quantitative estimate of drug-likeness (QED) is 0.775. The standard InChI is InChI=1S/C14H15N3O3/c18-13(10-17-11-15-7-6-14(17)19)16-8-9-20-12-4-2-1-3-5-12/h1-7,11H,8-10H2,(H,16,18). The first-order chi connectivity index (χ1) is 9.75. The van der Waals surface area contributed by atoms with Crippen molar-refractivity contribution in [3.63, 3.8) is 0 Å². The lowest BCUT2D eigenvalue weighted by Gasteiger charge is -2.08. The highest BCUT2D eigenvalue weighted by molar-refractivity contribution is 5.75. The Balaban J connectivity index is 1.71. The number of ether oxygens (including phenoxy) is 1. The van der Waals surface area contributed by atoms with E-state index in [1.54, 1.807) is 0 Å². The van der Waals surface area contributed by atoms with E-state index >= 15 is 0 Å². The molecule has 1 aromatic heterocycles. The number of aromatic nitrogens is 2. The zero-order valence-corrected chi connectivity index (χ0v) is 10.9. The van der Waals surface area contributed by atoms with Gasteiger partial charge in [0, 0.05) is 12.3 Å². The van der Waals surface area contributed by atoms with Crippen LogP contribution in [0.4, 0.5) is 0 Å². The Kier molecular flexibility index (Phi) is 4.88. The van der Waals surface area contributed by atoms with E-state index in [1.807, 2.05) is 30.3 Å². The first-order valence-electron chi connectivity index (χ1n) is 6.21. The lowest BCUT2D eigenvalue weighted by molar-refractivity contribution is -0.121. The summed E-state index contributed by atoms with van der Waals surface area (Å²) in [5.74, 6) is 0.502. The summed E-state index contributed by atoms with van der Waals surface area (Å²) in [6.45, 7) is 0.707. The molecule has 1 heterocycles. The molecule has 0 radical (unpaired) electrons. The van der Waals surface area contributed by atoms with E-state index in [1.165, 1.54) is 23.2 Å². The minimum absolute atomic E-state index is 0.0436. The highest BCUT2D eigenvalue weighted by Crippen LogP contribution is 2.07. The summed E-state index contributed by atoms with van der Waals surface area (Å²) in [7, 11) is 0. The molecule has 6 heteroatoms. The topological polar surface area (TPSA) is 73.2 Å². The van der Waals surface area contributed by atoms with E-state index in [9.17, 15) is 9.59 Å². The summed E-state index contributed by atoms with van der Waals surface area (Å²) in [6.07, 6.45) is 2.73. The average Bonchev–Trinajstić information content (AvgIpc) is 2.47. The van der Waals surface area contributed by atoms with Crippen molar-refractivity contribution in [3.05, 3.63) is 59.3 Å². The van der Waals surface area contributed by atoms with E-state index in [0.717, 1.165) is 5.75 Å². The largest absolute Gasteiger partial charge is 0.492 e. The van der Waals surface area contributed by atoms with E-state index < -0.39 is 0 Å². The van der Waals surface area contributed by atoms with Crippen LogP contribution < -0.4 is 15.6 Å². The van der Waals surface area contributed by atoms with E-state index in [-0.39, 0.29) is 18.0 Å². The van der Waals surface area contributed by atoms with Crippen LogP contribution in [-0.4, -0.2) is 28.6 Å². The Morgan fingerprint density at radius 3 is 2.80 bits per heavy atom. The SMILES string of the molecule is O=C(Cn1cnccc1=O)NCCOc1ccccc1. The number of amides is 1. The molecular formula is C14H15N3O3. The van der Waals surface area contributed by atoms with Crippen LogP contribution in [-0.2, 0) is 11.3 Å². The van der Waals surface area contributed by atoms with Crippen LogP contribution in [0.3, 0.4) is 0 Å². The molecule has 0 unspecified atom stereocenters. The second kappa shape index (κ2) is 7.08. The Labute approximate surface area is 116 Å². The molecule has 0 aliphatic rings. The minimum atomic E-state index is -0.254. The van der Waals surface area contributed by atoms with Crippen molar-refractivity contribution < 1.29 is 9.53 Å². The van der Waals surface area contributed by atoms with Crippen molar-refractivity contribution >= 4 is 5.91 Å². The fraction of sp³-hybridized carbons (Fsp3) is 0.214.